The number of hydrogen-bond donors (Lipinski definition) is 1. The van der Waals surface area contributed by atoms with E-state index in [1.165, 1.54) is 11.0 Å². The Hall–Kier alpha value is -1.82. The molecule has 0 aliphatic rings. The van der Waals surface area contributed by atoms with Crippen LogP contribution < -0.4 is 0 Å². The van der Waals surface area contributed by atoms with E-state index in [0.29, 0.717) is 6.61 Å². The molecule has 0 bridgehead atoms. The molecule has 0 aliphatic heterocycles. The number of carbonyl (C=O) groups excluding carboxylic acids is 1. The molecule has 0 aliphatic carbocycles. The summed E-state index contributed by atoms with van der Waals surface area (Å²) in [6.45, 7) is 2.06. The highest BCUT2D eigenvalue weighted by atomic mass is 32.1. The first kappa shape index (κ1) is 11.7. The molecule has 88 valence electrons. The Bertz CT molecular complexity index is 522. The normalized spacial score (nSPS) is 10.2. The van der Waals surface area contributed by atoms with Gasteiger partial charge in [-0.1, -0.05) is 0 Å². The van der Waals surface area contributed by atoms with Crippen LogP contribution in [0.4, 0.5) is 0 Å². The molecule has 17 heavy (non-hydrogen) atoms. The molecule has 0 N–H and O–H groups in total. The molecule has 0 atom stereocenters. The van der Waals surface area contributed by atoms with Gasteiger partial charge in [0.05, 0.1) is 18.5 Å². The van der Waals surface area contributed by atoms with E-state index < -0.39 is 5.97 Å². The van der Waals surface area contributed by atoms with Crippen LogP contribution in [0.1, 0.15) is 17.4 Å². The predicted octanol–water partition coefficient (Wildman–Crippen LogP) is 1.73. The van der Waals surface area contributed by atoms with Crippen molar-refractivity contribution in [1.82, 2.24) is 15.0 Å². The first-order valence-corrected chi connectivity index (χ1v) is 5.54. The third-order valence-electron chi connectivity index (χ3n) is 2.06. The van der Waals surface area contributed by atoms with Gasteiger partial charge in [0.25, 0.3) is 0 Å². The van der Waals surface area contributed by atoms with Gasteiger partial charge in [-0.15, -0.1) is 17.7 Å². The molecule has 1 aromatic heterocycles. The molecular weight excluding hydrogens is 238 g/mol. The lowest BCUT2D eigenvalue weighted by Gasteiger charge is -1.99. The Labute approximate surface area is 104 Å². The second-order valence-electron chi connectivity index (χ2n) is 3.26. The summed E-state index contributed by atoms with van der Waals surface area (Å²) in [4.78, 5) is 13.6. The largest absolute Gasteiger partial charge is 0.461 e. The summed E-state index contributed by atoms with van der Waals surface area (Å²) >= 11 is 4.19. The summed E-state index contributed by atoms with van der Waals surface area (Å²) in [7, 11) is 0. The Balaban J connectivity index is 2.23. The van der Waals surface area contributed by atoms with Crippen molar-refractivity contribution in [2.45, 2.75) is 11.8 Å². The maximum atomic E-state index is 11.4. The van der Waals surface area contributed by atoms with E-state index in [1.807, 2.05) is 24.3 Å². The lowest BCUT2D eigenvalue weighted by atomic mass is 10.3. The lowest BCUT2D eigenvalue weighted by Crippen LogP contribution is -2.06. The van der Waals surface area contributed by atoms with Gasteiger partial charge in [-0.3, -0.25) is 0 Å². The number of thiol groups is 1. The van der Waals surface area contributed by atoms with Gasteiger partial charge < -0.3 is 4.74 Å². The number of rotatable bonds is 3. The summed E-state index contributed by atoms with van der Waals surface area (Å²) in [5, 5.41) is 8.03. The van der Waals surface area contributed by atoms with Crippen LogP contribution in [0.5, 0.6) is 0 Å². The molecule has 0 saturated carbocycles. The first-order chi connectivity index (χ1) is 8.20. The van der Waals surface area contributed by atoms with Crippen molar-refractivity contribution in [2.75, 3.05) is 6.61 Å². The third-order valence-corrected chi connectivity index (χ3v) is 2.36. The van der Waals surface area contributed by atoms with Gasteiger partial charge in [0.2, 0.25) is 0 Å². The zero-order valence-corrected chi connectivity index (χ0v) is 10.1. The molecule has 2 rings (SSSR count). The van der Waals surface area contributed by atoms with Crippen LogP contribution in [0.15, 0.2) is 35.4 Å². The Morgan fingerprint density at radius 3 is 2.76 bits per heavy atom. The minimum Gasteiger partial charge on any atom is -0.461 e. The summed E-state index contributed by atoms with van der Waals surface area (Å²) in [6, 6.07) is 7.28. The quantitative estimate of drug-likeness (QED) is 0.665. The highest BCUT2D eigenvalue weighted by Crippen LogP contribution is 2.10. The summed E-state index contributed by atoms with van der Waals surface area (Å²) in [6.07, 6.45) is 1.38. The van der Waals surface area contributed by atoms with Crippen molar-refractivity contribution in [3.8, 4) is 5.69 Å². The summed E-state index contributed by atoms with van der Waals surface area (Å²) < 4.78 is 4.83. The third kappa shape index (κ3) is 2.65. The van der Waals surface area contributed by atoms with E-state index in [2.05, 4.69) is 22.8 Å². The van der Waals surface area contributed by atoms with Crippen molar-refractivity contribution in [2.24, 2.45) is 0 Å². The molecule has 1 heterocycles. The standard InChI is InChI=1S/C11H11N3O2S/c1-2-16-11(15)10-7-12-14(13-10)8-3-5-9(17)6-4-8/h3-7,17H,2H2,1H3. The molecule has 0 fully saturated rings. The Morgan fingerprint density at radius 2 is 2.12 bits per heavy atom. The van der Waals surface area contributed by atoms with Crippen LogP contribution in [0.2, 0.25) is 0 Å². The van der Waals surface area contributed by atoms with Gasteiger partial charge in [0.1, 0.15) is 0 Å². The van der Waals surface area contributed by atoms with E-state index in [-0.39, 0.29) is 5.69 Å². The van der Waals surface area contributed by atoms with Gasteiger partial charge in [-0.25, -0.2) is 4.79 Å². The molecule has 2 aromatic rings. The second-order valence-corrected chi connectivity index (χ2v) is 3.77. The van der Waals surface area contributed by atoms with Crippen molar-refractivity contribution >= 4 is 18.6 Å². The highest BCUT2D eigenvalue weighted by molar-refractivity contribution is 7.80. The van der Waals surface area contributed by atoms with Crippen molar-refractivity contribution in [3.05, 3.63) is 36.2 Å². The van der Waals surface area contributed by atoms with Crippen LogP contribution in [-0.2, 0) is 4.74 Å². The van der Waals surface area contributed by atoms with Crippen molar-refractivity contribution in [1.29, 1.82) is 0 Å². The fraction of sp³-hybridized carbons (Fsp3) is 0.182. The minimum atomic E-state index is -0.468. The van der Waals surface area contributed by atoms with Gasteiger partial charge >= 0.3 is 5.97 Å². The number of carbonyl (C=O) groups is 1. The van der Waals surface area contributed by atoms with Gasteiger partial charge in [0, 0.05) is 4.90 Å². The number of esters is 1. The fourth-order valence-electron chi connectivity index (χ4n) is 1.27. The summed E-state index contributed by atoms with van der Waals surface area (Å²) in [5.74, 6) is -0.468. The van der Waals surface area contributed by atoms with Gasteiger partial charge in [0.15, 0.2) is 5.69 Å². The zero-order chi connectivity index (χ0) is 12.3. The van der Waals surface area contributed by atoms with Crippen LogP contribution in [0, 0.1) is 0 Å². The van der Waals surface area contributed by atoms with E-state index in [1.54, 1.807) is 6.92 Å². The van der Waals surface area contributed by atoms with Crippen molar-refractivity contribution in [3.63, 3.8) is 0 Å². The van der Waals surface area contributed by atoms with E-state index in [0.717, 1.165) is 10.6 Å². The molecule has 1 aromatic carbocycles. The molecule has 0 amide bonds. The number of aromatic nitrogens is 3. The average molecular weight is 249 g/mol. The van der Waals surface area contributed by atoms with Crippen LogP contribution >= 0.6 is 12.6 Å². The topological polar surface area (TPSA) is 57.0 Å². The van der Waals surface area contributed by atoms with Gasteiger partial charge in [-0.2, -0.15) is 9.90 Å². The lowest BCUT2D eigenvalue weighted by molar-refractivity contribution is 0.0519. The first-order valence-electron chi connectivity index (χ1n) is 5.09. The fourth-order valence-corrected chi connectivity index (χ4v) is 1.42. The predicted molar refractivity (Wildman–Crippen MR) is 64.6 cm³/mol. The Morgan fingerprint density at radius 1 is 1.41 bits per heavy atom. The molecule has 0 spiro atoms. The van der Waals surface area contributed by atoms with Gasteiger partial charge in [-0.05, 0) is 31.2 Å². The maximum absolute atomic E-state index is 11.4. The summed E-state index contributed by atoms with van der Waals surface area (Å²) in [5.41, 5.74) is 0.958. The van der Waals surface area contributed by atoms with E-state index in [4.69, 9.17) is 4.74 Å². The molecule has 5 nitrogen and oxygen atoms in total. The van der Waals surface area contributed by atoms with E-state index >= 15 is 0 Å². The smallest absolute Gasteiger partial charge is 0.360 e. The van der Waals surface area contributed by atoms with Crippen LogP contribution in [0.3, 0.4) is 0 Å². The van der Waals surface area contributed by atoms with Crippen molar-refractivity contribution < 1.29 is 9.53 Å². The second kappa shape index (κ2) is 5.01. The number of benzene rings is 1. The number of hydrogen-bond acceptors (Lipinski definition) is 5. The molecular formula is C11H11N3O2S. The van der Waals surface area contributed by atoms with Crippen LogP contribution in [-0.4, -0.2) is 27.6 Å². The minimum absolute atomic E-state index is 0.196. The van der Waals surface area contributed by atoms with E-state index in [9.17, 15) is 4.79 Å². The highest BCUT2D eigenvalue weighted by Gasteiger charge is 2.11. The molecule has 0 unspecified atom stereocenters. The average Bonchev–Trinajstić information content (AvgIpc) is 2.80. The molecule has 0 radical (unpaired) electrons. The Kier molecular flexibility index (Phi) is 3.43. The maximum Gasteiger partial charge on any atom is 0.360 e. The monoisotopic (exact) mass is 249 g/mol. The van der Waals surface area contributed by atoms with Crippen LogP contribution in [0.25, 0.3) is 5.69 Å². The number of ether oxygens (including phenoxy) is 1. The molecule has 6 heteroatoms. The zero-order valence-electron chi connectivity index (χ0n) is 9.20. The SMILES string of the molecule is CCOC(=O)c1cnn(-c2ccc(S)cc2)n1. The molecule has 0 saturated heterocycles. The number of nitrogens with zero attached hydrogens (tertiary/aromatic N) is 3.